The highest BCUT2D eigenvalue weighted by molar-refractivity contribution is 7.10. The maximum Gasteiger partial charge on any atom is 0.142 e. The van der Waals surface area contributed by atoms with E-state index in [1.54, 1.807) is 0 Å². The minimum absolute atomic E-state index is 0.626. The topological polar surface area (TPSA) is 60.2 Å². The van der Waals surface area contributed by atoms with Gasteiger partial charge in [-0.1, -0.05) is 0 Å². The molecule has 1 aliphatic heterocycles. The van der Waals surface area contributed by atoms with E-state index in [-0.39, 0.29) is 0 Å². The van der Waals surface area contributed by atoms with E-state index >= 15 is 0 Å². The molecule has 1 aromatic rings. The van der Waals surface area contributed by atoms with Gasteiger partial charge in [0.25, 0.3) is 0 Å². The number of ether oxygens (including phenoxy) is 1. The van der Waals surface area contributed by atoms with Crippen molar-refractivity contribution in [3.05, 3.63) is 5.56 Å². The van der Waals surface area contributed by atoms with E-state index in [4.69, 9.17) is 10.5 Å². The quantitative estimate of drug-likeness (QED) is 0.827. The average Bonchev–Trinajstić information content (AvgIpc) is 2.59. The third kappa shape index (κ3) is 2.60. The molecule has 84 valence electrons. The van der Waals surface area contributed by atoms with Crippen molar-refractivity contribution in [3.8, 4) is 0 Å². The highest BCUT2D eigenvalue weighted by Crippen LogP contribution is 2.26. The molecule has 5 heteroatoms. The van der Waals surface area contributed by atoms with Gasteiger partial charge in [0, 0.05) is 18.7 Å². The van der Waals surface area contributed by atoms with Crippen molar-refractivity contribution in [3.63, 3.8) is 0 Å². The van der Waals surface area contributed by atoms with Crippen molar-refractivity contribution in [1.29, 1.82) is 0 Å². The van der Waals surface area contributed by atoms with Gasteiger partial charge in [-0.25, -0.2) is 0 Å². The number of anilines is 2. The smallest absolute Gasteiger partial charge is 0.142 e. The molecule has 1 fully saturated rings. The number of aromatic nitrogens is 1. The Morgan fingerprint density at radius 3 is 3.13 bits per heavy atom. The van der Waals surface area contributed by atoms with Gasteiger partial charge in [0.05, 0.1) is 6.61 Å². The molecule has 0 spiro atoms. The summed E-state index contributed by atoms with van der Waals surface area (Å²) in [5, 5.41) is 4.49. The lowest BCUT2D eigenvalue weighted by molar-refractivity contribution is 0.0595. The van der Waals surface area contributed by atoms with E-state index in [2.05, 4.69) is 9.69 Å². The zero-order valence-corrected chi connectivity index (χ0v) is 9.77. The van der Waals surface area contributed by atoms with Crippen molar-refractivity contribution in [2.24, 2.45) is 5.92 Å². The van der Waals surface area contributed by atoms with Gasteiger partial charge in [0.1, 0.15) is 10.8 Å². The van der Waals surface area contributed by atoms with Crippen LogP contribution in [0.15, 0.2) is 0 Å². The van der Waals surface area contributed by atoms with Crippen LogP contribution in [0, 0.1) is 12.8 Å². The summed E-state index contributed by atoms with van der Waals surface area (Å²) in [6.45, 7) is 4.75. The van der Waals surface area contributed by atoms with Crippen LogP contribution in [0.1, 0.15) is 18.4 Å². The van der Waals surface area contributed by atoms with Gasteiger partial charge in [-0.2, -0.15) is 4.37 Å². The molecule has 0 radical (unpaired) electrons. The fourth-order valence-electron chi connectivity index (χ4n) is 1.72. The van der Waals surface area contributed by atoms with E-state index in [1.807, 2.05) is 6.92 Å². The fraction of sp³-hybridized carbons (Fsp3) is 0.700. The van der Waals surface area contributed by atoms with Crippen LogP contribution in [-0.2, 0) is 4.74 Å². The van der Waals surface area contributed by atoms with Crippen molar-refractivity contribution in [2.75, 3.05) is 30.8 Å². The summed E-state index contributed by atoms with van der Waals surface area (Å²) in [6.07, 6.45) is 2.43. The maximum absolute atomic E-state index is 5.68. The number of nitrogen functional groups attached to an aromatic ring is 1. The summed E-state index contributed by atoms with van der Waals surface area (Å²) in [7, 11) is 0. The Kier molecular flexibility index (Phi) is 3.43. The van der Waals surface area contributed by atoms with Gasteiger partial charge in [0.15, 0.2) is 0 Å². The molecule has 4 nitrogen and oxygen atoms in total. The van der Waals surface area contributed by atoms with Gasteiger partial charge >= 0.3 is 0 Å². The third-order valence-electron chi connectivity index (χ3n) is 2.77. The molecular weight excluding hydrogens is 210 g/mol. The number of nitrogens with two attached hydrogens (primary N) is 1. The zero-order valence-electron chi connectivity index (χ0n) is 8.95. The summed E-state index contributed by atoms with van der Waals surface area (Å²) in [4.78, 5) is 0. The molecule has 1 atom stereocenters. The molecule has 1 aliphatic rings. The van der Waals surface area contributed by atoms with Gasteiger partial charge in [0.2, 0.25) is 0 Å². The number of rotatable bonds is 3. The Hall–Kier alpha value is -0.810. The molecule has 0 bridgehead atoms. The molecule has 0 saturated carbocycles. The predicted molar refractivity (Wildman–Crippen MR) is 63.3 cm³/mol. The zero-order chi connectivity index (χ0) is 10.7. The average molecular weight is 227 g/mol. The highest BCUT2D eigenvalue weighted by atomic mass is 32.1. The van der Waals surface area contributed by atoms with Gasteiger partial charge in [-0.3, -0.25) is 0 Å². The minimum Gasteiger partial charge on any atom is -0.383 e. The van der Waals surface area contributed by atoms with E-state index in [9.17, 15) is 0 Å². The Labute approximate surface area is 94.0 Å². The summed E-state index contributed by atoms with van der Waals surface area (Å²) in [5.74, 6) is 1.27. The largest absolute Gasteiger partial charge is 0.383 e. The Morgan fingerprint density at radius 2 is 2.53 bits per heavy atom. The number of nitrogens with one attached hydrogen (secondary N) is 1. The molecular formula is C10H17N3OS. The Balaban J connectivity index is 1.84. The van der Waals surface area contributed by atoms with Crippen LogP contribution in [-0.4, -0.2) is 24.1 Å². The van der Waals surface area contributed by atoms with Crippen LogP contribution in [0.5, 0.6) is 0 Å². The van der Waals surface area contributed by atoms with Crippen LogP contribution in [0.25, 0.3) is 0 Å². The van der Waals surface area contributed by atoms with Crippen LogP contribution in [0.2, 0.25) is 0 Å². The van der Waals surface area contributed by atoms with Gasteiger partial charge in [-0.15, -0.1) is 0 Å². The molecule has 2 rings (SSSR count). The lowest BCUT2D eigenvalue weighted by Crippen LogP contribution is -2.24. The molecule has 1 saturated heterocycles. The Morgan fingerprint density at radius 1 is 1.67 bits per heavy atom. The Bertz CT molecular complexity index is 320. The van der Waals surface area contributed by atoms with Crippen molar-refractivity contribution in [1.82, 2.24) is 4.37 Å². The highest BCUT2D eigenvalue weighted by Gasteiger charge is 2.14. The third-order valence-corrected chi connectivity index (χ3v) is 3.69. The molecule has 2 heterocycles. The summed E-state index contributed by atoms with van der Waals surface area (Å²) < 4.78 is 9.53. The van der Waals surface area contributed by atoms with Crippen LogP contribution < -0.4 is 11.1 Å². The summed E-state index contributed by atoms with van der Waals surface area (Å²) in [5.41, 5.74) is 6.75. The number of nitrogens with zero attached hydrogens (tertiary/aromatic N) is 1. The SMILES string of the molecule is Cc1c(N)nsc1NCC1CCCOC1. The van der Waals surface area contributed by atoms with Crippen LogP contribution in [0.3, 0.4) is 0 Å². The molecule has 0 amide bonds. The fourth-order valence-corrected chi connectivity index (χ4v) is 2.43. The lowest BCUT2D eigenvalue weighted by Gasteiger charge is -2.22. The molecule has 1 aromatic heterocycles. The normalized spacial score (nSPS) is 21.5. The molecule has 1 unspecified atom stereocenters. The number of hydrogen-bond donors (Lipinski definition) is 2. The van der Waals surface area contributed by atoms with E-state index < -0.39 is 0 Å². The molecule has 3 N–H and O–H groups in total. The number of hydrogen-bond acceptors (Lipinski definition) is 5. The molecule has 15 heavy (non-hydrogen) atoms. The first-order valence-electron chi connectivity index (χ1n) is 5.30. The maximum atomic E-state index is 5.68. The van der Waals surface area contributed by atoms with Crippen LogP contribution >= 0.6 is 11.5 Å². The second-order valence-electron chi connectivity index (χ2n) is 3.99. The minimum atomic E-state index is 0.626. The van der Waals surface area contributed by atoms with Gasteiger partial charge < -0.3 is 15.8 Å². The van der Waals surface area contributed by atoms with Crippen LogP contribution in [0.4, 0.5) is 10.8 Å². The molecule has 0 aliphatic carbocycles. The van der Waals surface area contributed by atoms with E-state index in [0.717, 1.165) is 30.3 Å². The monoisotopic (exact) mass is 227 g/mol. The predicted octanol–water partition coefficient (Wildman–Crippen LogP) is 1.87. The first kappa shape index (κ1) is 10.7. The lowest BCUT2D eigenvalue weighted by atomic mass is 10.0. The van der Waals surface area contributed by atoms with Crippen molar-refractivity contribution < 1.29 is 4.74 Å². The second kappa shape index (κ2) is 4.81. The van der Waals surface area contributed by atoms with Crippen molar-refractivity contribution >= 4 is 22.4 Å². The van der Waals surface area contributed by atoms with E-state index in [1.165, 1.54) is 24.4 Å². The van der Waals surface area contributed by atoms with Crippen molar-refractivity contribution in [2.45, 2.75) is 19.8 Å². The second-order valence-corrected chi connectivity index (χ2v) is 4.76. The van der Waals surface area contributed by atoms with E-state index in [0.29, 0.717) is 11.7 Å². The molecule has 0 aromatic carbocycles. The summed E-state index contributed by atoms with van der Waals surface area (Å²) in [6, 6.07) is 0. The van der Waals surface area contributed by atoms with Gasteiger partial charge in [-0.05, 0) is 37.2 Å². The standard InChI is InChI=1S/C10H17N3OS/c1-7-9(11)13-15-10(7)12-5-8-3-2-4-14-6-8/h8,12H,2-6H2,1H3,(H2,11,13). The first-order valence-corrected chi connectivity index (χ1v) is 6.08. The first-order chi connectivity index (χ1) is 7.27. The summed E-state index contributed by atoms with van der Waals surface area (Å²) >= 11 is 1.44.